The lowest BCUT2D eigenvalue weighted by atomic mass is 9.87. The Kier molecular flexibility index (Phi) is 6.45. The second-order valence-corrected chi connectivity index (χ2v) is 10.1. The molecule has 2 heterocycles. The average molecular weight is 358 g/mol. The molecule has 1 saturated heterocycles. The lowest BCUT2D eigenvalue weighted by Gasteiger charge is -2.31. The van der Waals surface area contributed by atoms with Crippen LogP contribution in [0.15, 0.2) is 12.0 Å². The summed E-state index contributed by atoms with van der Waals surface area (Å²) in [5, 5.41) is 6.30. The number of rotatable bonds is 5. The Bertz CT molecular complexity index is 468. The number of ether oxygens (including phenoxy) is 1. The van der Waals surface area contributed by atoms with Crippen LogP contribution in [0, 0.1) is 5.41 Å². The number of urea groups is 1. The molecule has 0 radical (unpaired) electrons. The summed E-state index contributed by atoms with van der Waals surface area (Å²) in [6.07, 6.45) is 4.07. The van der Waals surface area contributed by atoms with Gasteiger partial charge in [-0.25, -0.2) is 4.79 Å². The van der Waals surface area contributed by atoms with Crippen molar-refractivity contribution in [1.29, 1.82) is 0 Å². The highest BCUT2D eigenvalue weighted by Crippen LogP contribution is 2.33. The van der Waals surface area contributed by atoms with E-state index in [9.17, 15) is 4.79 Å². The van der Waals surface area contributed by atoms with Crippen LogP contribution in [0.2, 0.25) is 0 Å². The van der Waals surface area contributed by atoms with Crippen LogP contribution in [-0.2, 0) is 9.57 Å². The first-order valence-electron chi connectivity index (χ1n) is 8.60. The maximum Gasteiger partial charge on any atom is 0.321 e. The molecule has 7 heteroatoms. The van der Waals surface area contributed by atoms with Gasteiger partial charge in [0.25, 0.3) is 0 Å². The van der Waals surface area contributed by atoms with Gasteiger partial charge < -0.3 is 14.9 Å². The summed E-state index contributed by atoms with van der Waals surface area (Å²) in [5.74, 6) is 0.460. The molecule has 3 N–H and O–H groups in total. The highest BCUT2D eigenvalue weighted by Gasteiger charge is 2.30. The van der Waals surface area contributed by atoms with Crippen LogP contribution in [0.1, 0.15) is 47.5 Å². The fourth-order valence-corrected chi connectivity index (χ4v) is 4.06. The van der Waals surface area contributed by atoms with Crippen LogP contribution < -0.4 is 16.1 Å². The third kappa shape index (κ3) is 6.18. The maximum atomic E-state index is 12.1. The first-order valence-corrected chi connectivity index (χ1v) is 9.48. The Labute approximate surface area is 149 Å². The van der Waals surface area contributed by atoms with Gasteiger partial charge in [-0.15, -0.1) is 5.48 Å². The molecule has 0 aromatic rings. The van der Waals surface area contributed by atoms with E-state index in [2.05, 4.69) is 50.7 Å². The monoisotopic (exact) mass is 357 g/mol. The van der Waals surface area contributed by atoms with Crippen molar-refractivity contribution in [2.75, 3.05) is 19.8 Å². The molecule has 24 heavy (non-hydrogen) atoms. The van der Waals surface area contributed by atoms with E-state index in [1.54, 1.807) is 0 Å². The van der Waals surface area contributed by atoms with Crippen LogP contribution in [-0.4, -0.2) is 41.8 Å². The van der Waals surface area contributed by atoms with Crippen molar-refractivity contribution in [3.05, 3.63) is 12.0 Å². The number of carbonyl (C=O) groups excluding carboxylic acids is 1. The molecule has 0 spiro atoms. The van der Waals surface area contributed by atoms with E-state index in [4.69, 9.17) is 9.57 Å². The largest absolute Gasteiger partial charge is 0.390 e. The van der Waals surface area contributed by atoms with Gasteiger partial charge in [0.2, 0.25) is 5.88 Å². The fraction of sp³-hybridized carbons (Fsp3) is 0.824. The van der Waals surface area contributed by atoms with Crippen molar-refractivity contribution in [3.63, 3.8) is 0 Å². The molecule has 1 atom stereocenters. The molecule has 2 rings (SSSR count). The summed E-state index contributed by atoms with van der Waals surface area (Å²) in [7, 11) is 0. The van der Waals surface area contributed by atoms with E-state index < -0.39 is 0 Å². The molecule has 2 aliphatic rings. The normalized spacial score (nSPS) is 22.7. The molecule has 1 unspecified atom stereocenters. The lowest BCUT2D eigenvalue weighted by Crippen LogP contribution is -2.43. The van der Waals surface area contributed by atoms with Crippen LogP contribution in [0.4, 0.5) is 4.79 Å². The minimum absolute atomic E-state index is 0.0174. The minimum Gasteiger partial charge on any atom is -0.390 e. The summed E-state index contributed by atoms with van der Waals surface area (Å²) < 4.78 is 5.38. The fourth-order valence-electron chi connectivity index (χ4n) is 2.58. The number of hydroxylamine groups is 1. The smallest absolute Gasteiger partial charge is 0.321 e. The van der Waals surface area contributed by atoms with Crippen LogP contribution in [0.5, 0.6) is 0 Å². The maximum absolute atomic E-state index is 12.1. The standard InChI is InChI=1S/C17H31N3O3S/c1-16(2,3)13-10-14(23-20-13)19-15(21)18-11-17(4,5)24-12-6-8-22-9-7-12/h10,12-13,20H,6-9,11H2,1-5H3,(H2,18,19,21). The van der Waals surface area contributed by atoms with E-state index >= 15 is 0 Å². The zero-order chi connectivity index (χ0) is 17.8. The molecule has 0 aromatic heterocycles. The van der Waals surface area contributed by atoms with E-state index in [1.807, 2.05) is 17.8 Å². The second-order valence-electron chi connectivity index (χ2n) is 8.09. The third-order valence-corrected chi connectivity index (χ3v) is 5.70. The topological polar surface area (TPSA) is 71.6 Å². The minimum atomic E-state index is -0.238. The summed E-state index contributed by atoms with van der Waals surface area (Å²) in [5.41, 5.74) is 2.96. The van der Waals surface area contributed by atoms with Crippen molar-refractivity contribution >= 4 is 17.8 Å². The van der Waals surface area contributed by atoms with Crippen molar-refractivity contribution in [3.8, 4) is 0 Å². The molecule has 0 saturated carbocycles. The van der Waals surface area contributed by atoms with Crippen molar-refractivity contribution < 1.29 is 14.4 Å². The molecule has 0 aliphatic carbocycles. The van der Waals surface area contributed by atoms with E-state index in [0.717, 1.165) is 26.1 Å². The van der Waals surface area contributed by atoms with Gasteiger partial charge in [0, 0.05) is 29.8 Å². The average Bonchev–Trinajstić information content (AvgIpc) is 2.94. The molecule has 1 fully saturated rings. The highest BCUT2D eigenvalue weighted by atomic mass is 32.2. The summed E-state index contributed by atoms with van der Waals surface area (Å²) in [6.45, 7) is 13.0. The molecule has 2 aliphatic heterocycles. The molecule has 0 aromatic carbocycles. The Balaban J connectivity index is 1.74. The van der Waals surface area contributed by atoms with Gasteiger partial charge in [0.15, 0.2) is 0 Å². The van der Waals surface area contributed by atoms with Crippen LogP contribution in [0.25, 0.3) is 0 Å². The molecular formula is C17H31N3O3S. The number of amides is 2. The van der Waals surface area contributed by atoms with Crippen LogP contribution >= 0.6 is 11.8 Å². The highest BCUT2D eigenvalue weighted by molar-refractivity contribution is 8.01. The quantitative estimate of drug-likeness (QED) is 0.706. The number of carbonyl (C=O) groups is 1. The summed E-state index contributed by atoms with van der Waals surface area (Å²) in [6, 6.07) is -0.161. The molecule has 0 bridgehead atoms. The molecule has 6 nitrogen and oxygen atoms in total. The zero-order valence-corrected chi connectivity index (χ0v) is 16.2. The number of hydrogen-bond donors (Lipinski definition) is 3. The van der Waals surface area contributed by atoms with E-state index in [0.29, 0.717) is 17.7 Å². The lowest BCUT2D eigenvalue weighted by molar-refractivity contribution is 0.0766. The summed E-state index contributed by atoms with van der Waals surface area (Å²) in [4.78, 5) is 17.4. The van der Waals surface area contributed by atoms with Gasteiger partial charge in [0.05, 0.1) is 6.04 Å². The van der Waals surface area contributed by atoms with Gasteiger partial charge in [-0.2, -0.15) is 11.8 Å². The molecule has 2 amide bonds. The Morgan fingerprint density at radius 3 is 2.54 bits per heavy atom. The molecule has 138 valence electrons. The number of hydrogen-bond acceptors (Lipinski definition) is 5. The predicted octanol–water partition coefficient (Wildman–Crippen LogP) is 2.77. The number of nitrogens with one attached hydrogen (secondary N) is 3. The van der Waals surface area contributed by atoms with Crippen molar-refractivity contribution in [2.24, 2.45) is 5.41 Å². The first-order chi connectivity index (χ1) is 11.2. The van der Waals surface area contributed by atoms with Gasteiger partial charge in [-0.05, 0) is 38.2 Å². The zero-order valence-electron chi connectivity index (χ0n) is 15.4. The first kappa shape index (κ1) is 19.4. The molecular weight excluding hydrogens is 326 g/mol. The Morgan fingerprint density at radius 2 is 1.96 bits per heavy atom. The van der Waals surface area contributed by atoms with Gasteiger partial charge >= 0.3 is 6.03 Å². The van der Waals surface area contributed by atoms with Gasteiger partial charge in [-0.3, -0.25) is 5.32 Å². The predicted molar refractivity (Wildman–Crippen MR) is 97.6 cm³/mol. The van der Waals surface area contributed by atoms with Crippen molar-refractivity contribution in [2.45, 2.75) is 63.5 Å². The third-order valence-electron chi connectivity index (χ3n) is 4.11. The second kappa shape index (κ2) is 7.97. The Morgan fingerprint density at radius 1 is 1.29 bits per heavy atom. The van der Waals surface area contributed by atoms with E-state index in [1.165, 1.54) is 0 Å². The van der Waals surface area contributed by atoms with Gasteiger partial charge in [-0.1, -0.05) is 20.8 Å². The van der Waals surface area contributed by atoms with Crippen molar-refractivity contribution in [1.82, 2.24) is 16.1 Å². The Hall–Kier alpha value is -0.920. The number of thioether (sulfide) groups is 1. The van der Waals surface area contributed by atoms with Gasteiger partial charge in [0.1, 0.15) is 0 Å². The summed E-state index contributed by atoms with van der Waals surface area (Å²) >= 11 is 1.93. The van der Waals surface area contributed by atoms with Crippen LogP contribution in [0.3, 0.4) is 0 Å². The van der Waals surface area contributed by atoms with E-state index in [-0.39, 0.29) is 22.2 Å². The SMILES string of the molecule is CC(C)(CNC(=O)NC1=CC(C(C)(C)C)NO1)SC1CCOCC1.